The molecule has 0 nitrogen and oxygen atoms in total. The Labute approximate surface area is 95.7 Å². The summed E-state index contributed by atoms with van der Waals surface area (Å²) in [6, 6.07) is 20.8. The van der Waals surface area contributed by atoms with Gasteiger partial charge in [0.25, 0.3) is 0 Å². The normalized spacial score (nSPS) is 8.79. The first-order valence-corrected chi connectivity index (χ1v) is 7.75. The Hall–Kier alpha value is -0.937. The van der Waals surface area contributed by atoms with Gasteiger partial charge in [0.15, 0.2) is 0 Å². The second-order valence-corrected chi connectivity index (χ2v) is 2.73. The third-order valence-electron chi connectivity index (χ3n) is 1.88. The van der Waals surface area contributed by atoms with E-state index in [0.29, 0.717) is 0 Å². The van der Waals surface area contributed by atoms with Crippen molar-refractivity contribution in [3.05, 3.63) is 60.7 Å². The summed E-state index contributed by atoms with van der Waals surface area (Å²) in [6.07, 6.45) is 0. The second kappa shape index (κ2) is 6.51. The van der Waals surface area contributed by atoms with Crippen molar-refractivity contribution >= 4 is 0 Å². The first-order chi connectivity index (χ1) is 6.97. The van der Waals surface area contributed by atoms with Crippen LogP contribution in [-0.2, 0) is 18.3 Å². The largest absolute Gasteiger partial charge is 0.0622 e. The Morgan fingerprint density at radius 3 is 1.14 bits per heavy atom. The molecule has 0 radical (unpaired) electrons. The average Bonchev–Trinajstić information content (AvgIpc) is 2.34. The van der Waals surface area contributed by atoms with E-state index in [9.17, 15) is 0 Å². The standard InChI is InChI=1S/C12H10.CH3.Zn/c1-3-7-11(8-4-1)12-9-5-2-6-10-12;;/h1-10H;1H3;. The van der Waals surface area contributed by atoms with E-state index in [2.05, 4.69) is 54.0 Å². The molecule has 0 bridgehead atoms. The molecule has 2 aromatic rings. The Bertz CT molecular complexity index is 303. The van der Waals surface area contributed by atoms with Crippen LogP contribution in [0.5, 0.6) is 0 Å². The van der Waals surface area contributed by atoms with Gasteiger partial charge in [-0.3, -0.25) is 0 Å². The van der Waals surface area contributed by atoms with Gasteiger partial charge in [-0.15, -0.1) is 0 Å². The van der Waals surface area contributed by atoms with Crippen LogP contribution in [0.25, 0.3) is 11.1 Å². The minimum absolute atomic E-state index is 1.28. The summed E-state index contributed by atoms with van der Waals surface area (Å²) in [5, 5.41) is 0. The fourth-order valence-corrected chi connectivity index (χ4v) is 1.26. The van der Waals surface area contributed by atoms with E-state index in [1.54, 1.807) is 0 Å². The van der Waals surface area contributed by atoms with Gasteiger partial charge >= 0.3 is 23.8 Å². The van der Waals surface area contributed by atoms with E-state index in [0.717, 1.165) is 0 Å². The van der Waals surface area contributed by atoms with Crippen molar-refractivity contribution in [1.29, 1.82) is 0 Å². The Morgan fingerprint density at radius 1 is 0.571 bits per heavy atom. The van der Waals surface area contributed by atoms with Crippen molar-refractivity contribution in [3.8, 4) is 11.1 Å². The summed E-state index contributed by atoms with van der Waals surface area (Å²) in [5.74, 6) is 0. The molecule has 0 saturated carbocycles. The zero-order valence-electron chi connectivity index (χ0n) is 8.48. The molecule has 0 unspecified atom stereocenters. The molecule has 1 heteroatoms. The molecule has 0 heterocycles. The van der Waals surface area contributed by atoms with E-state index < -0.39 is 0 Å². The van der Waals surface area contributed by atoms with Gasteiger partial charge < -0.3 is 0 Å². The first kappa shape index (κ1) is 11.1. The molecule has 0 aliphatic carbocycles. The fraction of sp³-hybridized carbons (Fsp3) is 0.0769. The maximum Gasteiger partial charge on any atom is -0.0184 e. The van der Waals surface area contributed by atoms with Crippen LogP contribution in [-0.4, -0.2) is 0 Å². The van der Waals surface area contributed by atoms with Crippen LogP contribution < -0.4 is 0 Å². The van der Waals surface area contributed by atoms with Crippen molar-refractivity contribution in [2.75, 3.05) is 0 Å². The van der Waals surface area contributed by atoms with Crippen LogP contribution in [0.3, 0.4) is 0 Å². The average molecular weight is 235 g/mol. The molecule has 0 saturated heterocycles. The van der Waals surface area contributed by atoms with E-state index in [1.165, 1.54) is 29.4 Å². The maximum atomic E-state index is 2.12. The van der Waals surface area contributed by atoms with Gasteiger partial charge in [-0.25, -0.2) is 0 Å². The van der Waals surface area contributed by atoms with Crippen LogP contribution in [0.4, 0.5) is 0 Å². The second-order valence-electron chi connectivity index (χ2n) is 2.73. The molecule has 0 aliphatic heterocycles. The third-order valence-corrected chi connectivity index (χ3v) is 1.88. The third kappa shape index (κ3) is 3.08. The van der Waals surface area contributed by atoms with Gasteiger partial charge in [-0.2, -0.15) is 0 Å². The molecule has 0 spiro atoms. The molecule has 14 heavy (non-hydrogen) atoms. The zero-order valence-corrected chi connectivity index (χ0v) is 11.4. The van der Waals surface area contributed by atoms with Crippen molar-refractivity contribution in [2.45, 2.75) is 5.52 Å². The Morgan fingerprint density at radius 2 is 0.857 bits per heavy atom. The van der Waals surface area contributed by atoms with E-state index in [1.807, 2.05) is 12.1 Å². The molecule has 0 amide bonds. The van der Waals surface area contributed by atoms with Crippen molar-refractivity contribution < 1.29 is 18.3 Å². The Kier molecular flexibility index (Phi) is 5.18. The molecule has 67 valence electrons. The zero-order chi connectivity index (χ0) is 10.2. The van der Waals surface area contributed by atoms with Gasteiger partial charge in [-0.05, 0) is 11.1 Å². The van der Waals surface area contributed by atoms with Crippen LogP contribution in [0.2, 0.25) is 5.52 Å². The number of hydrogen-bond acceptors (Lipinski definition) is 0. The van der Waals surface area contributed by atoms with Gasteiger partial charge in [-0.1, -0.05) is 60.7 Å². The van der Waals surface area contributed by atoms with Crippen LogP contribution in [0, 0.1) is 0 Å². The predicted molar refractivity (Wildman–Crippen MR) is 57.7 cm³/mol. The van der Waals surface area contributed by atoms with Crippen molar-refractivity contribution in [1.82, 2.24) is 0 Å². The first-order valence-electron chi connectivity index (χ1n) is 4.78. The van der Waals surface area contributed by atoms with Crippen molar-refractivity contribution in [3.63, 3.8) is 0 Å². The summed E-state index contributed by atoms with van der Waals surface area (Å²) in [7, 11) is 0. The summed E-state index contributed by atoms with van der Waals surface area (Å²) >= 11 is 1.38. The predicted octanol–water partition coefficient (Wildman–Crippen LogP) is 3.93. The van der Waals surface area contributed by atoms with E-state index >= 15 is 0 Å². The molecular formula is C13H13Zn. The van der Waals surface area contributed by atoms with E-state index in [4.69, 9.17) is 0 Å². The fourth-order valence-electron chi connectivity index (χ4n) is 1.26. The maximum absolute atomic E-state index is 2.12. The van der Waals surface area contributed by atoms with Crippen molar-refractivity contribution in [2.24, 2.45) is 0 Å². The SMILES string of the molecule is [CH3][Zn].c1ccc(-c2ccccc2)cc1. The summed E-state index contributed by atoms with van der Waals surface area (Å²) in [5.41, 5.74) is 4.68. The van der Waals surface area contributed by atoms with Crippen LogP contribution in [0.15, 0.2) is 60.7 Å². The van der Waals surface area contributed by atoms with Crippen LogP contribution in [0.1, 0.15) is 0 Å². The number of hydrogen-bond donors (Lipinski definition) is 0. The molecule has 2 aromatic carbocycles. The minimum atomic E-state index is 1.28. The molecule has 0 N–H and O–H groups in total. The molecule has 0 aromatic heterocycles. The summed E-state index contributed by atoms with van der Waals surface area (Å²) in [6.45, 7) is 0. The minimum Gasteiger partial charge on any atom is -0.0622 e. The summed E-state index contributed by atoms with van der Waals surface area (Å²) < 4.78 is 0. The summed E-state index contributed by atoms with van der Waals surface area (Å²) in [4.78, 5) is 0. The van der Waals surface area contributed by atoms with Gasteiger partial charge in [0.1, 0.15) is 0 Å². The molecule has 0 fully saturated rings. The molecule has 0 atom stereocenters. The number of rotatable bonds is 1. The monoisotopic (exact) mass is 233 g/mol. The molecular weight excluding hydrogens is 222 g/mol. The van der Waals surface area contributed by atoms with Crippen LogP contribution >= 0.6 is 0 Å². The topological polar surface area (TPSA) is 0 Å². The van der Waals surface area contributed by atoms with E-state index in [-0.39, 0.29) is 0 Å². The molecule has 0 aliphatic rings. The van der Waals surface area contributed by atoms with Gasteiger partial charge in [0.2, 0.25) is 0 Å². The quantitative estimate of drug-likeness (QED) is 0.656. The smallest absolute Gasteiger partial charge is 0.0184 e. The number of benzene rings is 2. The Balaban J connectivity index is 0.000000461. The van der Waals surface area contributed by atoms with Gasteiger partial charge in [0.05, 0.1) is 0 Å². The van der Waals surface area contributed by atoms with Gasteiger partial charge in [0, 0.05) is 0 Å². The molecule has 2 rings (SSSR count).